The van der Waals surface area contributed by atoms with Crippen LogP contribution in [0.1, 0.15) is 29.2 Å². The maximum absolute atomic E-state index is 12.1. The number of halogens is 1. The molecule has 3 rings (SSSR count). The van der Waals surface area contributed by atoms with Crippen LogP contribution in [0.4, 0.5) is 5.69 Å². The van der Waals surface area contributed by atoms with E-state index < -0.39 is 11.8 Å². The first kappa shape index (κ1) is 25.0. The summed E-state index contributed by atoms with van der Waals surface area (Å²) in [6, 6.07) is 18.6. The van der Waals surface area contributed by atoms with Gasteiger partial charge in [0.2, 0.25) is 0 Å². The molecular formula is C26H26BrN3O4. The van der Waals surface area contributed by atoms with E-state index >= 15 is 0 Å². The maximum atomic E-state index is 12.1. The van der Waals surface area contributed by atoms with Crippen molar-refractivity contribution >= 4 is 39.6 Å². The normalized spacial score (nSPS) is 10.7. The van der Waals surface area contributed by atoms with Crippen LogP contribution in [0.3, 0.4) is 0 Å². The van der Waals surface area contributed by atoms with Crippen LogP contribution in [0, 0.1) is 13.8 Å². The minimum atomic E-state index is -0.867. The predicted molar refractivity (Wildman–Crippen MR) is 136 cm³/mol. The molecule has 0 heterocycles. The highest BCUT2D eigenvalue weighted by molar-refractivity contribution is 9.10. The lowest BCUT2D eigenvalue weighted by molar-refractivity contribution is -0.136. The van der Waals surface area contributed by atoms with Crippen molar-refractivity contribution in [2.45, 2.75) is 27.4 Å². The lowest BCUT2D eigenvalue weighted by Gasteiger charge is -2.12. The van der Waals surface area contributed by atoms with Gasteiger partial charge in [0.15, 0.2) is 11.5 Å². The molecule has 0 unspecified atom stereocenters. The van der Waals surface area contributed by atoms with Crippen LogP contribution >= 0.6 is 15.9 Å². The highest BCUT2D eigenvalue weighted by Crippen LogP contribution is 2.29. The molecule has 2 N–H and O–H groups in total. The molecule has 0 aliphatic rings. The average molecular weight is 524 g/mol. The minimum absolute atomic E-state index is 0.395. The quantitative estimate of drug-likeness (QED) is 0.243. The van der Waals surface area contributed by atoms with Gasteiger partial charge in [-0.3, -0.25) is 9.59 Å². The van der Waals surface area contributed by atoms with E-state index in [4.69, 9.17) is 9.47 Å². The molecule has 0 aromatic heterocycles. The van der Waals surface area contributed by atoms with Crippen molar-refractivity contribution in [2.75, 3.05) is 11.9 Å². The number of nitrogens with one attached hydrogen (secondary N) is 2. The molecule has 34 heavy (non-hydrogen) atoms. The van der Waals surface area contributed by atoms with E-state index in [1.165, 1.54) is 6.21 Å². The van der Waals surface area contributed by atoms with Crippen LogP contribution in [-0.4, -0.2) is 24.6 Å². The zero-order chi connectivity index (χ0) is 24.5. The van der Waals surface area contributed by atoms with E-state index in [1.807, 2.05) is 51.1 Å². The van der Waals surface area contributed by atoms with Crippen LogP contribution in [0.15, 0.2) is 70.2 Å². The van der Waals surface area contributed by atoms with Crippen LogP contribution < -0.4 is 20.2 Å². The number of hydrogen-bond donors (Lipinski definition) is 2. The number of nitrogens with zero attached hydrogens (tertiary/aromatic N) is 1. The first-order valence-corrected chi connectivity index (χ1v) is 11.5. The summed E-state index contributed by atoms with van der Waals surface area (Å²) in [5, 5.41) is 6.44. The summed E-state index contributed by atoms with van der Waals surface area (Å²) in [7, 11) is 0. The van der Waals surface area contributed by atoms with Crippen molar-refractivity contribution < 1.29 is 19.1 Å². The van der Waals surface area contributed by atoms with E-state index in [1.54, 1.807) is 30.3 Å². The highest BCUT2D eigenvalue weighted by Gasteiger charge is 2.13. The van der Waals surface area contributed by atoms with E-state index in [2.05, 4.69) is 31.8 Å². The largest absolute Gasteiger partial charge is 0.490 e. The predicted octanol–water partition coefficient (Wildman–Crippen LogP) is 5.13. The molecule has 3 aromatic carbocycles. The van der Waals surface area contributed by atoms with Gasteiger partial charge in [0.05, 0.1) is 12.8 Å². The molecule has 8 heteroatoms. The Morgan fingerprint density at radius 3 is 2.38 bits per heavy atom. The van der Waals surface area contributed by atoms with Gasteiger partial charge in [-0.15, -0.1) is 0 Å². The molecule has 176 valence electrons. The molecule has 0 spiro atoms. The fraction of sp³-hybridized carbons (Fsp3) is 0.192. The number of aryl methyl sites for hydroxylation is 2. The molecule has 0 aliphatic carbocycles. The number of benzene rings is 3. The van der Waals surface area contributed by atoms with Crippen molar-refractivity contribution in [3.05, 3.63) is 87.4 Å². The van der Waals surface area contributed by atoms with Crippen LogP contribution in [0.2, 0.25) is 0 Å². The fourth-order valence-corrected chi connectivity index (χ4v) is 3.22. The molecule has 2 amide bonds. The van der Waals surface area contributed by atoms with Gasteiger partial charge in [-0.2, -0.15) is 5.10 Å². The first-order chi connectivity index (χ1) is 16.4. The second kappa shape index (κ2) is 12.0. The van der Waals surface area contributed by atoms with Crippen molar-refractivity contribution in [1.82, 2.24) is 5.43 Å². The molecule has 0 atom stereocenters. The Morgan fingerprint density at radius 2 is 1.68 bits per heavy atom. The molecule has 7 nitrogen and oxygen atoms in total. The standard InChI is InChI=1S/C26H26BrN3O4/c1-4-33-24-14-20(8-12-23(24)34-16-19-6-9-21(27)10-7-19)15-28-30-26(32)25(31)29-22-11-5-17(2)18(3)13-22/h5-15H,4,16H2,1-3H3,(H,29,31)(H,30,32)/b28-15-. The summed E-state index contributed by atoms with van der Waals surface area (Å²) in [5.41, 5.74) is 6.61. The second-order valence-corrected chi connectivity index (χ2v) is 8.42. The molecule has 3 aromatic rings. The second-order valence-electron chi connectivity index (χ2n) is 7.51. The summed E-state index contributed by atoms with van der Waals surface area (Å²) >= 11 is 3.42. The summed E-state index contributed by atoms with van der Waals surface area (Å²) < 4.78 is 12.6. The zero-order valence-corrected chi connectivity index (χ0v) is 20.8. The SMILES string of the molecule is CCOc1cc(/C=N\NC(=O)C(=O)Nc2ccc(C)c(C)c2)ccc1OCc1ccc(Br)cc1. The number of carbonyl (C=O) groups is 2. The molecule has 0 radical (unpaired) electrons. The molecule has 0 fully saturated rings. The zero-order valence-electron chi connectivity index (χ0n) is 19.2. The number of rotatable bonds is 8. The maximum Gasteiger partial charge on any atom is 0.329 e. The van der Waals surface area contributed by atoms with Crippen LogP contribution in [-0.2, 0) is 16.2 Å². The van der Waals surface area contributed by atoms with Crippen LogP contribution in [0.5, 0.6) is 11.5 Å². The Kier molecular flexibility index (Phi) is 8.81. The Hall–Kier alpha value is -3.65. The van der Waals surface area contributed by atoms with Gasteiger partial charge in [0.1, 0.15) is 6.61 Å². The Balaban J connectivity index is 1.59. The fourth-order valence-electron chi connectivity index (χ4n) is 2.96. The van der Waals surface area contributed by atoms with Gasteiger partial charge in [0.25, 0.3) is 0 Å². The third kappa shape index (κ3) is 7.18. The summed E-state index contributed by atoms with van der Waals surface area (Å²) in [6.07, 6.45) is 1.43. The van der Waals surface area contributed by atoms with Gasteiger partial charge in [-0.25, -0.2) is 5.43 Å². The number of anilines is 1. The smallest absolute Gasteiger partial charge is 0.329 e. The number of ether oxygens (including phenoxy) is 2. The number of amides is 2. The van der Waals surface area contributed by atoms with E-state index in [0.717, 1.165) is 21.2 Å². The van der Waals surface area contributed by atoms with Gasteiger partial charge in [-0.1, -0.05) is 34.1 Å². The third-order valence-electron chi connectivity index (χ3n) is 4.93. The third-order valence-corrected chi connectivity index (χ3v) is 5.45. The monoisotopic (exact) mass is 523 g/mol. The minimum Gasteiger partial charge on any atom is -0.490 e. The van der Waals surface area contributed by atoms with Crippen LogP contribution in [0.25, 0.3) is 0 Å². The van der Waals surface area contributed by atoms with E-state index in [-0.39, 0.29) is 0 Å². The molecular weight excluding hydrogens is 498 g/mol. The Labute approximate surface area is 207 Å². The molecule has 0 saturated heterocycles. The Bertz CT molecular complexity index is 1190. The van der Waals surface area contributed by atoms with Gasteiger partial charge < -0.3 is 14.8 Å². The van der Waals surface area contributed by atoms with Gasteiger partial charge >= 0.3 is 11.8 Å². The number of hydrazone groups is 1. The average Bonchev–Trinajstić information content (AvgIpc) is 2.82. The molecule has 0 saturated carbocycles. The van der Waals surface area contributed by atoms with E-state index in [9.17, 15) is 9.59 Å². The van der Waals surface area contributed by atoms with Gasteiger partial charge in [-0.05, 0) is 85.5 Å². The van der Waals surface area contributed by atoms with Crippen molar-refractivity contribution in [3.63, 3.8) is 0 Å². The number of carbonyl (C=O) groups excluding carboxylic acids is 2. The topological polar surface area (TPSA) is 89.0 Å². The molecule has 0 bridgehead atoms. The molecule has 0 aliphatic heterocycles. The van der Waals surface area contributed by atoms with Crippen molar-refractivity contribution in [1.29, 1.82) is 0 Å². The van der Waals surface area contributed by atoms with Gasteiger partial charge in [0, 0.05) is 10.2 Å². The summed E-state index contributed by atoms with van der Waals surface area (Å²) in [6.45, 7) is 6.65. The van der Waals surface area contributed by atoms with Crippen molar-refractivity contribution in [2.24, 2.45) is 5.10 Å². The Morgan fingerprint density at radius 1 is 0.912 bits per heavy atom. The summed E-state index contributed by atoms with van der Waals surface area (Å²) in [4.78, 5) is 24.2. The number of hydrogen-bond acceptors (Lipinski definition) is 5. The summed E-state index contributed by atoms with van der Waals surface area (Å²) in [5.74, 6) is -0.512. The highest BCUT2D eigenvalue weighted by atomic mass is 79.9. The first-order valence-electron chi connectivity index (χ1n) is 10.7. The lowest BCUT2D eigenvalue weighted by Crippen LogP contribution is -2.32. The van der Waals surface area contributed by atoms with E-state index in [0.29, 0.717) is 36.0 Å². The lowest BCUT2D eigenvalue weighted by atomic mass is 10.1. The van der Waals surface area contributed by atoms with Crippen molar-refractivity contribution in [3.8, 4) is 11.5 Å².